The van der Waals surface area contributed by atoms with E-state index in [1.165, 1.54) is 17.4 Å². The van der Waals surface area contributed by atoms with Crippen LogP contribution in [0.25, 0.3) is 17.3 Å². The molecule has 7 heteroatoms. The van der Waals surface area contributed by atoms with Gasteiger partial charge in [-0.25, -0.2) is 4.98 Å². The molecular weight excluding hydrogens is 384 g/mol. The number of carbonyl (C=O) groups is 1. The van der Waals surface area contributed by atoms with Gasteiger partial charge in [-0.2, -0.15) is 0 Å². The molecule has 1 heterocycles. The van der Waals surface area contributed by atoms with Gasteiger partial charge in [0.2, 0.25) is 5.91 Å². The lowest BCUT2D eigenvalue weighted by Crippen LogP contribution is -2.07. The van der Waals surface area contributed by atoms with Gasteiger partial charge in [-0.15, -0.1) is 11.3 Å². The number of rotatable bonds is 6. The first-order valence-corrected chi connectivity index (χ1v) is 9.28. The molecule has 27 heavy (non-hydrogen) atoms. The molecule has 3 aromatic rings. The third-order valence-corrected chi connectivity index (χ3v) is 4.81. The highest BCUT2D eigenvalue weighted by Gasteiger charge is 2.09. The maximum absolute atomic E-state index is 12.2. The Bertz CT molecular complexity index is 985. The number of thiazole rings is 1. The van der Waals surface area contributed by atoms with Crippen LogP contribution < -0.4 is 14.8 Å². The summed E-state index contributed by atoms with van der Waals surface area (Å²) in [5.41, 5.74) is 2.38. The van der Waals surface area contributed by atoms with Crippen molar-refractivity contribution < 1.29 is 14.3 Å². The van der Waals surface area contributed by atoms with Crippen LogP contribution in [0.3, 0.4) is 0 Å². The van der Waals surface area contributed by atoms with Crippen molar-refractivity contribution in [2.45, 2.75) is 0 Å². The number of anilines is 1. The summed E-state index contributed by atoms with van der Waals surface area (Å²) >= 11 is 7.53. The Kier molecular flexibility index (Phi) is 6.11. The van der Waals surface area contributed by atoms with Gasteiger partial charge in [0.15, 0.2) is 16.6 Å². The third-order valence-electron chi connectivity index (χ3n) is 3.72. The van der Waals surface area contributed by atoms with Crippen molar-refractivity contribution >= 4 is 40.1 Å². The minimum Gasteiger partial charge on any atom is -0.493 e. The van der Waals surface area contributed by atoms with Gasteiger partial charge in [0.1, 0.15) is 0 Å². The Morgan fingerprint density at radius 3 is 2.67 bits per heavy atom. The number of aromatic nitrogens is 1. The highest BCUT2D eigenvalue weighted by Crippen LogP contribution is 2.30. The van der Waals surface area contributed by atoms with Crippen molar-refractivity contribution in [3.8, 4) is 22.8 Å². The number of amides is 1. The Labute approximate surface area is 166 Å². The topological polar surface area (TPSA) is 60.5 Å². The fraction of sp³-hybridized carbons (Fsp3) is 0.100. The van der Waals surface area contributed by atoms with Crippen molar-refractivity contribution in [2.75, 3.05) is 19.5 Å². The number of nitrogens with one attached hydrogen (secondary N) is 1. The van der Waals surface area contributed by atoms with E-state index in [-0.39, 0.29) is 5.91 Å². The highest BCUT2D eigenvalue weighted by atomic mass is 35.5. The monoisotopic (exact) mass is 400 g/mol. The van der Waals surface area contributed by atoms with E-state index in [2.05, 4.69) is 10.3 Å². The first-order chi connectivity index (χ1) is 13.1. The Hall–Kier alpha value is -2.83. The van der Waals surface area contributed by atoms with Crippen molar-refractivity contribution in [1.29, 1.82) is 0 Å². The second-order valence-electron chi connectivity index (χ2n) is 5.45. The minimum absolute atomic E-state index is 0.273. The average molecular weight is 401 g/mol. The normalized spacial score (nSPS) is 10.8. The van der Waals surface area contributed by atoms with Crippen molar-refractivity contribution in [3.63, 3.8) is 0 Å². The zero-order valence-electron chi connectivity index (χ0n) is 14.7. The maximum Gasteiger partial charge on any atom is 0.250 e. The van der Waals surface area contributed by atoms with Gasteiger partial charge in [0, 0.05) is 22.0 Å². The molecule has 138 valence electrons. The molecule has 0 aliphatic heterocycles. The van der Waals surface area contributed by atoms with E-state index < -0.39 is 0 Å². The summed E-state index contributed by atoms with van der Waals surface area (Å²) in [5, 5.41) is 5.74. The number of hydrogen-bond acceptors (Lipinski definition) is 5. The van der Waals surface area contributed by atoms with Crippen LogP contribution in [0.15, 0.2) is 53.9 Å². The van der Waals surface area contributed by atoms with Gasteiger partial charge >= 0.3 is 0 Å². The maximum atomic E-state index is 12.2. The summed E-state index contributed by atoms with van der Waals surface area (Å²) in [6.07, 6.45) is 3.14. The Morgan fingerprint density at radius 1 is 1.15 bits per heavy atom. The smallest absolute Gasteiger partial charge is 0.250 e. The lowest BCUT2D eigenvalue weighted by atomic mass is 10.2. The summed E-state index contributed by atoms with van der Waals surface area (Å²) in [5.74, 6) is 0.961. The molecule has 5 nitrogen and oxygen atoms in total. The van der Waals surface area contributed by atoms with Gasteiger partial charge in [-0.3, -0.25) is 10.1 Å². The van der Waals surface area contributed by atoms with Gasteiger partial charge in [0.05, 0.1) is 19.9 Å². The number of hydrogen-bond donors (Lipinski definition) is 1. The number of ether oxygens (including phenoxy) is 2. The van der Waals surface area contributed by atoms with Crippen LogP contribution in [0.5, 0.6) is 11.5 Å². The summed E-state index contributed by atoms with van der Waals surface area (Å²) in [6, 6.07) is 12.9. The zero-order chi connectivity index (χ0) is 19.2. The molecule has 0 saturated carbocycles. The quantitative estimate of drug-likeness (QED) is 0.582. The molecule has 0 atom stereocenters. The molecule has 3 rings (SSSR count). The first-order valence-electron chi connectivity index (χ1n) is 8.02. The predicted molar refractivity (Wildman–Crippen MR) is 110 cm³/mol. The molecule has 2 aromatic carbocycles. The third kappa shape index (κ3) is 4.67. The SMILES string of the molecule is COc1ccc(/C=C/C(=O)Nc2nc(-c3ccccc3Cl)cs2)cc1OC. The fourth-order valence-electron chi connectivity index (χ4n) is 2.40. The molecular formula is C20H17ClN2O3S. The predicted octanol–water partition coefficient (Wildman–Crippen LogP) is 5.13. The largest absolute Gasteiger partial charge is 0.493 e. The van der Waals surface area contributed by atoms with Crippen LogP contribution in [-0.2, 0) is 4.79 Å². The van der Waals surface area contributed by atoms with Crippen LogP contribution >= 0.6 is 22.9 Å². The Balaban J connectivity index is 1.68. The van der Waals surface area contributed by atoms with Crippen LogP contribution in [-0.4, -0.2) is 25.1 Å². The second-order valence-corrected chi connectivity index (χ2v) is 6.72. The van der Waals surface area contributed by atoms with Gasteiger partial charge in [-0.1, -0.05) is 35.9 Å². The lowest BCUT2D eigenvalue weighted by Gasteiger charge is -2.07. The van der Waals surface area contributed by atoms with Gasteiger partial charge in [-0.05, 0) is 29.8 Å². The summed E-state index contributed by atoms with van der Waals surface area (Å²) in [4.78, 5) is 16.6. The van der Waals surface area contributed by atoms with E-state index in [1.807, 2.05) is 29.6 Å². The molecule has 0 radical (unpaired) electrons. The van der Waals surface area contributed by atoms with Gasteiger partial charge in [0.25, 0.3) is 0 Å². The van der Waals surface area contributed by atoms with Crippen molar-refractivity contribution in [3.05, 3.63) is 64.5 Å². The standard InChI is InChI=1S/C20H17ClN2O3S/c1-25-17-9-7-13(11-18(17)26-2)8-10-19(24)23-20-22-16(12-27-20)14-5-3-4-6-15(14)21/h3-12H,1-2H3,(H,22,23,24)/b10-8+. The zero-order valence-corrected chi connectivity index (χ0v) is 16.3. The van der Waals surface area contributed by atoms with Crippen molar-refractivity contribution in [2.24, 2.45) is 0 Å². The number of benzene rings is 2. The first kappa shape index (κ1) is 18.9. The molecule has 0 unspecified atom stereocenters. The molecule has 1 N–H and O–H groups in total. The fourth-order valence-corrected chi connectivity index (χ4v) is 3.35. The molecule has 0 aliphatic carbocycles. The second kappa shape index (κ2) is 8.70. The van der Waals surface area contributed by atoms with Crippen LogP contribution in [0.4, 0.5) is 5.13 Å². The molecule has 1 aromatic heterocycles. The number of methoxy groups -OCH3 is 2. The van der Waals surface area contributed by atoms with Crippen LogP contribution in [0, 0.1) is 0 Å². The molecule has 0 bridgehead atoms. The highest BCUT2D eigenvalue weighted by molar-refractivity contribution is 7.14. The van der Waals surface area contributed by atoms with Gasteiger partial charge < -0.3 is 9.47 Å². The molecule has 0 saturated heterocycles. The minimum atomic E-state index is -0.273. The number of halogens is 1. The number of nitrogens with zero attached hydrogens (tertiary/aromatic N) is 1. The molecule has 1 amide bonds. The Morgan fingerprint density at radius 2 is 1.93 bits per heavy atom. The number of carbonyl (C=O) groups excluding carboxylic acids is 1. The molecule has 0 fully saturated rings. The van der Waals surface area contributed by atoms with Crippen LogP contribution in [0.2, 0.25) is 5.02 Å². The summed E-state index contributed by atoms with van der Waals surface area (Å²) < 4.78 is 10.5. The summed E-state index contributed by atoms with van der Waals surface area (Å²) in [6.45, 7) is 0. The molecule has 0 spiro atoms. The van der Waals surface area contributed by atoms with E-state index in [0.29, 0.717) is 21.7 Å². The molecule has 0 aliphatic rings. The van der Waals surface area contributed by atoms with E-state index in [0.717, 1.165) is 16.8 Å². The van der Waals surface area contributed by atoms with E-state index in [4.69, 9.17) is 21.1 Å². The van der Waals surface area contributed by atoms with E-state index >= 15 is 0 Å². The average Bonchev–Trinajstić information content (AvgIpc) is 3.14. The van der Waals surface area contributed by atoms with E-state index in [1.54, 1.807) is 38.5 Å². The van der Waals surface area contributed by atoms with E-state index in [9.17, 15) is 4.79 Å². The lowest BCUT2D eigenvalue weighted by molar-refractivity contribution is -0.111. The van der Waals surface area contributed by atoms with Crippen molar-refractivity contribution in [1.82, 2.24) is 4.98 Å². The van der Waals surface area contributed by atoms with Crippen LogP contribution in [0.1, 0.15) is 5.56 Å². The summed E-state index contributed by atoms with van der Waals surface area (Å²) in [7, 11) is 3.14.